The maximum Gasteiger partial charge on any atom is 0.333 e. The zero-order valence-corrected chi connectivity index (χ0v) is 16.7. The average molecular weight is 366 g/mol. The quantitative estimate of drug-likeness (QED) is 0.579. The van der Waals surface area contributed by atoms with E-state index in [2.05, 4.69) is 13.8 Å². The van der Waals surface area contributed by atoms with Gasteiger partial charge in [0.1, 0.15) is 0 Å². The van der Waals surface area contributed by atoms with E-state index in [0.29, 0.717) is 44.1 Å². The van der Waals surface area contributed by atoms with Gasteiger partial charge in [0, 0.05) is 5.57 Å². The Bertz CT molecular complexity index is 573. The molecule has 1 fully saturated rings. The van der Waals surface area contributed by atoms with Gasteiger partial charge in [-0.05, 0) is 58.3 Å². The second-order valence-electron chi connectivity index (χ2n) is 8.56. The lowest BCUT2D eigenvalue weighted by molar-refractivity contribution is -0.210. The Hall–Kier alpha value is -1.17. The third-order valence-corrected chi connectivity index (χ3v) is 5.94. The number of aliphatic hydroxyl groups is 2. The van der Waals surface area contributed by atoms with Gasteiger partial charge >= 0.3 is 5.97 Å². The highest BCUT2D eigenvalue weighted by molar-refractivity contribution is 5.88. The van der Waals surface area contributed by atoms with E-state index in [0.717, 1.165) is 0 Å². The molecule has 2 aliphatic heterocycles. The highest BCUT2D eigenvalue weighted by Crippen LogP contribution is 2.43. The number of carbonyl (C=O) groups excluding carboxylic acids is 1. The lowest BCUT2D eigenvalue weighted by Crippen LogP contribution is -2.55. The molecule has 26 heavy (non-hydrogen) atoms. The van der Waals surface area contributed by atoms with E-state index < -0.39 is 16.8 Å². The van der Waals surface area contributed by atoms with E-state index in [1.807, 2.05) is 18.2 Å². The Kier molecular flexibility index (Phi) is 6.36. The molecule has 0 aromatic heterocycles. The number of hydrogen-bond donors (Lipinski definition) is 2. The number of rotatable bonds is 2. The fourth-order valence-corrected chi connectivity index (χ4v) is 3.82. The molecule has 2 N–H and O–H groups in total. The van der Waals surface area contributed by atoms with Crippen molar-refractivity contribution in [3.63, 3.8) is 0 Å². The van der Waals surface area contributed by atoms with Gasteiger partial charge < -0.3 is 19.7 Å². The van der Waals surface area contributed by atoms with Crippen molar-refractivity contribution in [3.8, 4) is 0 Å². The van der Waals surface area contributed by atoms with E-state index in [4.69, 9.17) is 9.47 Å². The predicted molar refractivity (Wildman–Crippen MR) is 101 cm³/mol. The van der Waals surface area contributed by atoms with Crippen LogP contribution in [-0.2, 0) is 14.3 Å². The second kappa shape index (κ2) is 7.83. The summed E-state index contributed by atoms with van der Waals surface area (Å²) < 4.78 is 11.3. The minimum Gasteiger partial charge on any atom is -0.466 e. The van der Waals surface area contributed by atoms with Gasteiger partial charge in [-0.3, -0.25) is 0 Å². The number of fused-ring (bicyclic) bond motifs is 2. The minimum atomic E-state index is -0.988. The van der Waals surface area contributed by atoms with Crippen molar-refractivity contribution in [2.75, 3.05) is 7.11 Å². The van der Waals surface area contributed by atoms with Crippen LogP contribution in [0.5, 0.6) is 0 Å². The van der Waals surface area contributed by atoms with Crippen molar-refractivity contribution in [1.29, 1.82) is 0 Å². The van der Waals surface area contributed by atoms with Crippen LogP contribution in [0.2, 0.25) is 0 Å². The summed E-state index contributed by atoms with van der Waals surface area (Å²) in [6.07, 6.45) is 8.69. The van der Waals surface area contributed by atoms with Crippen LogP contribution in [0.25, 0.3) is 0 Å². The third kappa shape index (κ3) is 4.76. The van der Waals surface area contributed by atoms with Gasteiger partial charge in [-0.1, -0.05) is 32.1 Å². The highest BCUT2D eigenvalue weighted by Gasteiger charge is 2.47. The molecule has 5 nitrogen and oxygen atoms in total. The molecule has 2 heterocycles. The van der Waals surface area contributed by atoms with Crippen LogP contribution in [0.3, 0.4) is 0 Å². The van der Waals surface area contributed by atoms with Crippen molar-refractivity contribution in [2.45, 2.75) is 89.1 Å². The summed E-state index contributed by atoms with van der Waals surface area (Å²) in [5.41, 5.74) is -1.88. The zero-order valence-electron chi connectivity index (χ0n) is 16.7. The molecule has 0 spiro atoms. The summed E-state index contributed by atoms with van der Waals surface area (Å²) in [7, 11) is 1.37. The molecule has 0 saturated carbocycles. The minimum absolute atomic E-state index is 0.201. The number of allylic oxidation sites excluding steroid dienone is 1. The first-order valence-electron chi connectivity index (χ1n) is 9.62. The SMILES string of the molecule is COC(=O)C1=CCC[C@@](C)(O)C=C[C@]2(C(C)C)CC[C@](C)(O)[C@H](CC1)O2. The van der Waals surface area contributed by atoms with Crippen molar-refractivity contribution in [2.24, 2.45) is 5.92 Å². The summed E-state index contributed by atoms with van der Waals surface area (Å²) in [5.74, 6) is -0.158. The fraction of sp³-hybridized carbons (Fsp3) is 0.762. The lowest BCUT2D eigenvalue weighted by Gasteiger charge is -2.49. The number of methoxy groups -OCH3 is 1. The maximum atomic E-state index is 12.1. The van der Waals surface area contributed by atoms with Crippen LogP contribution in [0.15, 0.2) is 23.8 Å². The van der Waals surface area contributed by atoms with Crippen LogP contribution < -0.4 is 0 Å². The monoisotopic (exact) mass is 366 g/mol. The largest absolute Gasteiger partial charge is 0.466 e. The van der Waals surface area contributed by atoms with Gasteiger partial charge in [0.2, 0.25) is 0 Å². The molecule has 0 radical (unpaired) electrons. The van der Waals surface area contributed by atoms with Gasteiger partial charge in [-0.2, -0.15) is 0 Å². The van der Waals surface area contributed by atoms with E-state index >= 15 is 0 Å². The fourth-order valence-electron chi connectivity index (χ4n) is 3.82. The Morgan fingerprint density at radius 1 is 1.23 bits per heavy atom. The molecule has 1 saturated heterocycles. The van der Waals surface area contributed by atoms with Gasteiger partial charge in [0.25, 0.3) is 0 Å². The predicted octanol–water partition coefficient (Wildman–Crippen LogP) is 3.29. The molecule has 5 heteroatoms. The molecule has 0 aliphatic carbocycles. The van der Waals surface area contributed by atoms with E-state index in [1.165, 1.54) is 7.11 Å². The van der Waals surface area contributed by atoms with Crippen LogP contribution in [-0.4, -0.2) is 46.2 Å². The van der Waals surface area contributed by atoms with Gasteiger partial charge in [-0.15, -0.1) is 0 Å². The zero-order chi connectivity index (χ0) is 19.6. The molecular formula is C21H34O5. The van der Waals surface area contributed by atoms with Crippen molar-refractivity contribution < 1.29 is 24.5 Å². The summed E-state index contributed by atoms with van der Waals surface area (Å²) >= 11 is 0. The van der Waals surface area contributed by atoms with Crippen LogP contribution >= 0.6 is 0 Å². The number of esters is 1. The lowest BCUT2D eigenvalue weighted by atomic mass is 9.75. The number of hydrogen-bond acceptors (Lipinski definition) is 5. The topological polar surface area (TPSA) is 76.0 Å². The van der Waals surface area contributed by atoms with Crippen molar-refractivity contribution >= 4 is 5.97 Å². The van der Waals surface area contributed by atoms with E-state index in [9.17, 15) is 15.0 Å². The molecular weight excluding hydrogens is 332 g/mol. The summed E-state index contributed by atoms with van der Waals surface area (Å²) in [4.78, 5) is 12.1. The molecule has 0 aromatic carbocycles. The Morgan fingerprint density at radius 3 is 2.54 bits per heavy atom. The highest BCUT2D eigenvalue weighted by atomic mass is 16.5. The summed E-state index contributed by atoms with van der Waals surface area (Å²) in [5, 5.41) is 21.5. The smallest absolute Gasteiger partial charge is 0.333 e. The molecule has 2 bridgehead atoms. The summed E-state index contributed by atoms with van der Waals surface area (Å²) in [6.45, 7) is 7.77. The standard InChI is InChI=1S/C21H34O5/c1-15(2)21-13-11-19(3,23)10-6-7-16(18(22)25-5)8-9-17(26-21)20(4,24)12-14-21/h7,11,13,15,17,23-24H,6,8-10,12,14H2,1-5H3/t17-,19+,20-,21+/m0/s1. The number of carbonyl (C=O) groups is 1. The van der Waals surface area contributed by atoms with Gasteiger partial charge in [-0.25, -0.2) is 4.79 Å². The van der Waals surface area contributed by atoms with Gasteiger partial charge in [0.05, 0.1) is 30.0 Å². The molecule has 0 unspecified atom stereocenters. The molecule has 148 valence electrons. The first-order chi connectivity index (χ1) is 12.0. The van der Waals surface area contributed by atoms with Crippen molar-refractivity contribution in [3.05, 3.63) is 23.8 Å². The van der Waals surface area contributed by atoms with E-state index in [1.54, 1.807) is 13.8 Å². The first kappa shape index (κ1) is 21.1. The number of ether oxygens (including phenoxy) is 2. The maximum absolute atomic E-state index is 12.1. The first-order valence-corrected chi connectivity index (χ1v) is 9.62. The molecule has 0 aromatic rings. The Balaban J connectivity index is 2.40. The van der Waals surface area contributed by atoms with Gasteiger partial charge in [0.15, 0.2) is 0 Å². The molecule has 4 atom stereocenters. The van der Waals surface area contributed by atoms with Crippen molar-refractivity contribution in [1.82, 2.24) is 0 Å². The second-order valence-corrected chi connectivity index (χ2v) is 8.56. The van der Waals surface area contributed by atoms with Crippen LogP contribution in [0, 0.1) is 5.92 Å². The summed E-state index contributed by atoms with van der Waals surface area (Å²) in [6, 6.07) is 0. The average Bonchev–Trinajstić information content (AvgIpc) is 2.56. The van der Waals surface area contributed by atoms with Crippen LogP contribution in [0.4, 0.5) is 0 Å². The molecule has 2 aliphatic rings. The van der Waals surface area contributed by atoms with Crippen LogP contribution in [0.1, 0.15) is 66.2 Å². The molecule has 0 amide bonds. The molecule has 2 rings (SSSR count). The van der Waals surface area contributed by atoms with E-state index in [-0.39, 0.29) is 18.0 Å². The normalized spacial score (nSPS) is 38.9. The Labute approximate surface area is 157 Å². The Morgan fingerprint density at radius 2 is 1.92 bits per heavy atom. The third-order valence-electron chi connectivity index (χ3n) is 5.94.